The topological polar surface area (TPSA) is 97.6 Å². The molecule has 0 bridgehead atoms. The van der Waals surface area contributed by atoms with Crippen LogP contribution < -0.4 is 10.2 Å². The Bertz CT molecular complexity index is 1120. The molecule has 1 aromatic carbocycles. The molecule has 0 unspecified atom stereocenters. The van der Waals surface area contributed by atoms with Gasteiger partial charge in [-0.25, -0.2) is 14.8 Å². The van der Waals surface area contributed by atoms with Gasteiger partial charge in [-0.2, -0.15) is 0 Å². The molecule has 3 aromatic rings. The summed E-state index contributed by atoms with van der Waals surface area (Å²) in [6.07, 6.45) is 3.27. The molecule has 0 aliphatic heterocycles. The average molecular weight is 503 g/mol. The normalized spacial score (nSPS) is 11.5. The highest BCUT2D eigenvalue weighted by Gasteiger charge is 2.20. The number of hydrogen-bond acceptors (Lipinski definition) is 8. The molecule has 34 heavy (non-hydrogen) atoms. The van der Waals surface area contributed by atoms with Gasteiger partial charge in [-0.15, -0.1) is 11.8 Å². The fourth-order valence-corrected chi connectivity index (χ4v) is 4.54. The fourth-order valence-electron chi connectivity index (χ4n) is 2.80. The van der Waals surface area contributed by atoms with Gasteiger partial charge < -0.3 is 14.5 Å². The molecule has 0 spiro atoms. The van der Waals surface area contributed by atoms with E-state index in [1.165, 1.54) is 16.2 Å². The summed E-state index contributed by atoms with van der Waals surface area (Å²) < 4.78 is 12.1. The number of nitrogens with one attached hydrogen (secondary N) is 1. The summed E-state index contributed by atoms with van der Waals surface area (Å²) >= 11 is 2.98. The van der Waals surface area contributed by atoms with Crippen molar-refractivity contribution < 1.29 is 18.7 Å². The van der Waals surface area contributed by atoms with E-state index in [0.717, 1.165) is 15.5 Å². The van der Waals surface area contributed by atoms with Gasteiger partial charge >= 0.3 is 6.09 Å². The van der Waals surface area contributed by atoms with Crippen molar-refractivity contribution in [1.29, 1.82) is 0 Å². The van der Waals surface area contributed by atoms with Crippen LogP contribution in [-0.4, -0.2) is 34.6 Å². The minimum Gasteiger partial charge on any atom is -0.445 e. The number of ether oxygens (including phenoxy) is 1. The maximum absolute atomic E-state index is 12.5. The maximum Gasteiger partial charge on any atom is 0.414 e. The quantitative estimate of drug-likeness (QED) is 0.372. The van der Waals surface area contributed by atoms with Crippen molar-refractivity contribution in [3.05, 3.63) is 53.9 Å². The van der Waals surface area contributed by atoms with E-state index in [0.29, 0.717) is 28.4 Å². The molecule has 0 radical (unpaired) electrons. The summed E-state index contributed by atoms with van der Waals surface area (Å²) in [6.45, 7) is 9.59. The Labute approximate surface area is 208 Å². The van der Waals surface area contributed by atoms with Crippen LogP contribution in [0, 0.1) is 0 Å². The highest BCUT2D eigenvalue weighted by atomic mass is 32.2. The minimum absolute atomic E-state index is 0.159. The molecule has 2 aromatic heterocycles. The highest BCUT2D eigenvalue weighted by Crippen LogP contribution is 2.31. The summed E-state index contributed by atoms with van der Waals surface area (Å²) in [5, 5.41) is 3.39. The number of aromatic nitrogens is 2. The molecule has 2 amide bonds. The smallest absolute Gasteiger partial charge is 0.414 e. The zero-order valence-corrected chi connectivity index (χ0v) is 21.9. The number of rotatable bonds is 8. The van der Waals surface area contributed by atoms with Crippen LogP contribution in [0.1, 0.15) is 57.8 Å². The van der Waals surface area contributed by atoms with Crippen molar-refractivity contribution in [3.63, 3.8) is 0 Å². The van der Waals surface area contributed by atoms with Crippen molar-refractivity contribution in [2.45, 2.75) is 62.5 Å². The number of thiazole rings is 1. The molecule has 182 valence electrons. The summed E-state index contributed by atoms with van der Waals surface area (Å²) in [7, 11) is 1.65. The number of anilines is 2. The molecule has 8 nitrogen and oxygen atoms in total. The minimum atomic E-state index is -0.565. The van der Waals surface area contributed by atoms with Crippen LogP contribution in [-0.2, 0) is 21.7 Å². The van der Waals surface area contributed by atoms with Gasteiger partial charge in [0.2, 0.25) is 11.8 Å². The second-order valence-electron chi connectivity index (χ2n) is 9.01. The second-order valence-corrected chi connectivity index (χ2v) is 11.3. The lowest BCUT2D eigenvalue weighted by Crippen LogP contribution is -2.34. The molecule has 0 aliphatic rings. The number of nitrogens with zero attached hydrogens (tertiary/aromatic N) is 3. The van der Waals surface area contributed by atoms with E-state index in [9.17, 15) is 9.59 Å². The Kier molecular flexibility index (Phi) is 8.37. The average Bonchev–Trinajstić information content (AvgIpc) is 3.40. The first-order chi connectivity index (χ1) is 16.0. The third kappa shape index (κ3) is 7.59. The molecule has 2 heterocycles. The van der Waals surface area contributed by atoms with Gasteiger partial charge in [0.15, 0.2) is 5.13 Å². The monoisotopic (exact) mass is 502 g/mol. The van der Waals surface area contributed by atoms with Crippen molar-refractivity contribution >= 4 is 45.9 Å². The zero-order valence-electron chi connectivity index (χ0n) is 20.2. The highest BCUT2D eigenvalue weighted by molar-refractivity contribution is 8.00. The molecular weight excluding hydrogens is 472 g/mol. The number of amides is 2. The van der Waals surface area contributed by atoms with Crippen LogP contribution in [0.15, 0.2) is 45.3 Å². The number of thioether (sulfide) groups is 1. The van der Waals surface area contributed by atoms with E-state index < -0.39 is 11.7 Å². The molecule has 0 aliphatic carbocycles. The molecule has 0 atom stereocenters. The fraction of sp³-hybridized carbons (Fsp3) is 0.417. The van der Waals surface area contributed by atoms with Crippen LogP contribution in [0.5, 0.6) is 0 Å². The second kappa shape index (κ2) is 11.1. The lowest BCUT2D eigenvalue weighted by Gasteiger charge is -2.24. The van der Waals surface area contributed by atoms with E-state index in [4.69, 9.17) is 9.15 Å². The lowest BCUT2D eigenvalue weighted by atomic mass is 10.1. The third-order valence-corrected chi connectivity index (χ3v) is 6.66. The van der Waals surface area contributed by atoms with Crippen LogP contribution in [0.4, 0.5) is 15.6 Å². The summed E-state index contributed by atoms with van der Waals surface area (Å²) in [5.41, 5.74) is 0.950. The van der Waals surface area contributed by atoms with Gasteiger partial charge in [-0.3, -0.25) is 9.69 Å². The molecular formula is C24H30N4O4S2. The first kappa shape index (κ1) is 25.8. The largest absolute Gasteiger partial charge is 0.445 e. The first-order valence-corrected chi connectivity index (χ1v) is 12.7. The van der Waals surface area contributed by atoms with Crippen molar-refractivity contribution in [1.82, 2.24) is 9.97 Å². The summed E-state index contributed by atoms with van der Waals surface area (Å²) in [4.78, 5) is 34.7. The molecule has 0 saturated heterocycles. The van der Waals surface area contributed by atoms with Crippen LogP contribution in [0.2, 0.25) is 0 Å². The van der Waals surface area contributed by atoms with Gasteiger partial charge in [-0.05, 0) is 38.5 Å². The number of carbonyl (C=O) groups is 2. The van der Waals surface area contributed by atoms with Crippen LogP contribution in [0.25, 0.3) is 0 Å². The van der Waals surface area contributed by atoms with E-state index in [1.807, 2.05) is 32.9 Å². The van der Waals surface area contributed by atoms with E-state index >= 15 is 0 Å². The van der Waals surface area contributed by atoms with E-state index in [2.05, 4.69) is 29.1 Å². The molecule has 0 fully saturated rings. The van der Waals surface area contributed by atoms with Gasteiger partial charge in [0.1, 0.15) is 11.4 Å². The Morgan fingerprint density at radius 1 is 1.18 bits per heavy atom. The van der Waals surface area contributed by atoms with Gasteiger partial charge in [0, 0.05) is 18.7 Å². The van der Waals surface area contributed by atoms with E-state index in [-0.39, 0.29) is 12.3 Å². The Balaban J connectivity index is 1.49. The predicted octanol–water partition coefficient (Wildman–Crippen LogP) is 6.10. The van der Waals surface area contributed by atoms with Crippen molar-refractivity contribution in [2.24, 2.45) is 0 Å². The first-order valence-electron chi connectivity index (χ1n) is 10.9. The number of benzene rings is 1. The Hall–Kier alpha value is -2.85. The Morgan fingerprint density at radius 3 is 2.50 bits per heavy atom. The third-order valence-electron chi connectivity index (χ3n) is 4.56. The zero-order chi connectivity index (χ0) is 24.9. The lowest BCUT2D eigenvalue weighted by molar-refractivity contribution is -0.115. The summed E-state index contributed by atoms with van der Waals surface area (Å²) in [6, 6.07) is 7.22. The predicted molar refractivity (Wildman–Crippen MR) is 136 cm³/mol. The number of hydrogen-bond donors (Lipinski definition) is 1. The SMILES string of the molecule is CC(C)c1cnc(CSc2cnc(NC(=O)Cc3ccc(N(C)C(=O)OC(C)(C)C)cc3)s2)o1. The summed E-state index contributed by atoms with van der Waals surface area (Å²) in [5.74, 6) is 2.30. The van der Waals surface area contributed by atoms with E-state index in [1.54, 1.807) is 43.3 Å². The standard InChI is InChI=1S/C24H30N4O4S2/c1-15(2)18-12-25-20(31-18)14-33-21-13-26-22(34-21)27-19(29)11-16-7-9-17(10-8-16)28(6)23(30)32-24(3,4)5/h7-10,12-13,15H,11,14H2,1-6H3,(H,26,27,29). The van der Waals surface area contributed by atoms with Crippen molar-refractivity contribution in [2.75, 3.05) is 17.3 Å². The van der Waals surface area contributed by atoms with Crippen molar-refractivity contribution in [3.8, 4) is 0 Å². The molecule has 0 saturated carbocycles. The van der Waals surface area contributed by atoms with Crippen LogP contribution in [0.3, 0.4) is 0 Å². The number of carbonyl (C=O) groups excluding carboxylic acids is 2. The van der Waals surface area contributed by atoms with Gasteiger partial charge in [0.05, 0.1) is 28.8 Å². The van der Waals surface area contributed by atoms with Gasteiger partial charge in [-0.1, -0.05) is 37.3 Å². The maximum atomic E-state index is 12.5. The van der Waals surface area contributed by atoms with Crippen LogP contribution >= 0.6 is 23.1 Å². The van der Waals surface area contributed by atoms with Gasteiger partial charge in [0.25, 0.3) is 0 Å². The molecule has 1 N–H and O–H groups in total. The Morgan fingerprint density at radius 2 is 1.88 bits per heavy atom. The molecule has 10 heteroatoms. The molecule has 3 rings (SSSR count). The number of oxazole rings is 1.